The Balaban J connectivity index is 1.84. The number of halogens is 1. The van der Waals surface area contributed by atoms with Crippen LogP contribution < -0.4 is 16.2 Å². The highest BCUT2D eigenvalue weighted by Crippen LogP contribution is 2.27. The molecule has 3 N–H and O–H groups in total. The van der Waals surface area contributed by atoms with Gasteiger partial charge in [0.25, 0.3) is 11.8 Å². The molecule has 5 amide bonds. The van der Waals surface area contributed by atoms with Gasteiger partial charge in [0.1, 0.15) is 17.9 Å². The third-order valence-corrected chi connectivity index (χ3v) is 5.49. The topological polar surface area (TPSA) is 108 Å². The van der Waals surface area contributed by atoms with Crippen LogP contribution >= 0.6 is 11.8 Å². The van der Waals surface area contributed by atoms with Crippen molar-refractivity contribution in [3.63, 3.8) is 0 Å². The first-order chi connectivity index (χ1) is 13.8. The molecule has 1 aromatic carbocycles. The summed E-state index contributed by atoms with van der Waals surface area (Å²) in [4.78, 5) is 50.0. The fourth-order valence-corrected chi connectivity index (χ4v) is 3.94. The lowest BCUT2D eigenvalue weighted by Crippen LogP contribution is -2.49. The van der Waals surface area contributed by atoms with Crippen LogP contribution in [0.2, 0.25) is 0 Å². The fourth-order valence-electron chi connectivity index (χ4n) is 3.20. The number of carbonyl (C=O) groups excluding carboxylic acids is 4. The van der Waals surface area contributed by atoms with Gasteiger partial charge < -0.3 is 5.32 Å². The zero-order valence-electron chi connectivity index (χ0n) is 16.4. The summed E-state index contributed by atoms with van der Waals surface area (Å²) in [7, 11) is 0. The Bertz CT molecular complexity index is 783. The minimum absolute atomic E-state index is 0.111. The van der Waals surface area contributed by atoms with Crippen LogP contribution in [0, 0.1) is 5.82 Å². The van der Waals surface area contributed by atoms with Crippen molar-refractivity contribution in [2.75, 3.05) is 12.3 Å². The Labute approximate surface area is 172 Å². The number of carbonyl (C=O) groups is 4. The molecule has 1 aliphatic rings. The van der Waals surface area contributed by atoms with Gasteiger partial charge in [-0.2, -0.15) is 0 Å². The number of hydrogen-bond acceptors (Lipinski definition) is 5. The van der Waals surface area contributed by atoms with Crippen molar-refractivity contribution >= 4 is 35.5 Å². The summed E-state index contributed by atoms with van der Waals surface area (Å²) in [6.07, 6.45) is 2.41. The lowest BCUT2D eigenvalue weighted by Gasteiger charge is -2.25. The van der Waals surface area contributed by atoms with E-state index in [0.29, 0.717) is 30.6 Å². The zero-order valence-corrected chi connectivity index (χ0v) is 17.2. The van der Waals surface area contributed by atoms with E-state index in [1.165, 1.54) is 6.07 Å². The molecule has 0 atom stereocenters. The Morgan fingerprint density at radius 2 is 1.72 bits per heavy atom. The summed E-state index contributed by atoms with van der Waals surface area (Å²) in [6.45, 7) is 3.34. The van der Waals surface area contributed by atoms with Crippen molar-refractivity contribution in [2.24, 2.45) is 0 Å². The van der Waals surface area contributed by atoms with E-state index in [9.17, 15) is 23.6 Å². The molecule has 0 aromatic heterocycles. The van der Waals surface area contributed by atoms with Gasteiger partial charge in [0.15, 0.2) is 0 Å². The number of hydrogen-bond donors (Lipinski definition) is 3. The number of hydrazine groups is 1. The first-order valence-corrected chi connectivity index (χ1v) is 10.4. The molecule has 29 heavy (non-hydrogen) atoms. The van der Waals surface area contributed by atoms with Gasteiger partial charge in [-0.15, -0.1) is 11.8 Å². The summed E-state index contributed by atoms with van der Waals surface area (Å²) >= 11 is 0.984. The van der Waals surface area contributed by atoms with Crippen LogP contribution in [0.25, 0.3) is 0 Å². The van der Waals surface area contributed by atoms with Crippen molar-refractivity contribution in [1.82, 2.24) is 21.1 Å². The Morgan fingerprint density at radius 3 is 2.34 bits per heavy atom. The first-order valence-electron chi connectivity index (χ1n) is 9.42. The Morgan fingerprint density at radius 1 is 1.10 bits per heavy atom. The highest BCUT2D eigenvalue weighted by molar-refractivity contribution is 8.00. The van der Waals surface area contributed by atoms with E-state index in [2.05, 4.69) is 16.2 Å². The van der Waals surface area contributed by atoms with Gasteiger partial charge >= 0.3 is 6.03 Å². The van der Waals surface area contributed by atoms with Crippen molar-refractivity contribution in [2.45, 2.75) is 50.0 Å². The Hall–Kier alpha value is -2.62. The number of rotatable bonds is 9. The lowest BCUT2D eigenvalue weighted by molar-refractivity contribution is -0.136. The summed E-state index contributed by atoms with van der Waals surface area (Å²) in [5.41, 5.74) is 3.40. The van der Waals surface area contributed by atoms with Crippen molar-refractivity contribution in [3.8, 4) is 0 Å². The maximum Gasteiger partial charge on any atom is 0.325 e. The largest absolute Gasteiger partial charge is 0.325 e. The van der Waals surface area contributed by atoms with Crippen molar-refractivity contribution in [1.29, 1.82) is 0 Å². The van der Waals surface area contributed by atoms with Crippen LogP contribution in [0.1, 0.15) is 39.5 Å². The van der Waals surface area contributed by atoms with Gasteiger partial charge in [-0.25, -0.2) is 9.18 Å². The van der Waals surface area contributed by atoms with E-state index >= 15 is 0 Å². The van der Waals surface area contributed by atoms with Crippen LogP contribution in [0.15, 0.2) is 29.2 Å². The number of nitrogens with zero attached hydrogens (tertiary/aromatic N) is 1. The molecule has 0 radical (unpaired) electrons. The zero-order chi connectivity index (χ0) is 21.4. The fraction of sp³-hybridized carbons (Fsp3) is 0.474. The second kappa shape index (κ2) is 10.2. The molecule has 8 nitrogen and oxygen atoms in total. The monoisotopic (exact) mass is 424 g/mol. The van der Waals surface area contributed by atoms with E-state index in [1.54, 1.807) is 18.2 Å². The summed E-state index contributed by atoms with van der Waals surface area (Å²) < 4.78 is 13.5. The van der Waals surface area contributed by atoms with Gasteiger partial charge in [0, 0.05) is 4.90 Å². The predicted octanol–water partition coefficient (Wildman–Crippen LogP) is 1.96. The predicted molar refractivity (Wildman–Crippen MR) is 106 cm³/mol. The second-order valence-corrected chi connectivity index (χ2v) is 7.74. The van der Waals surface area contributed by atoms with Crippen LogP contribution in [-0.4, -0.2) is 46.5 Å². The standard InChI is InChI=1S/C19H25FN4O4S/c1-3-9-19(10-4-2)17(27)24(18(28)21-19)11-15(25)22-23-16(26)12-29-14-8-6-5-7-13(14)20/h5-8H,3-4,9-12H2,1-2H3,(H,21,28)(H,22,25)(H,23,26). The van der Waals surface area contributed by atoms with E-state index in [1.807, 2.05) is 13.8 Å². The number of amides is 5. The highest BCUT2D eigenvalue weighted by Gasteiger charge is 2.50. The minimum atomic E-state index is -0.972. The van der Waals surface area contributed by atoms with E-state index in [0.717, 1.165) is 16.7 Å². The number of imide groups is 1. The molecule has 1 saturated heterocycles. The average molecular weight is 424 g/mol. The number of nitrogens with one attached hydrogen (secondary N) is 3. The molecule has 0 saturated carbocycles. The van der Waals surface area contributed by atoms with Gasteiger partial charge in [-0.05, 0) is 25.0 Å². The number of thioether (sulfide) groups is 1. The smallest absolute Gasteiger partial charge is 0.323 e. The number of urea groups is 1. The van der Waals surface area contributed by atoms with Crippen molar-refractivity contribution < 1.29 is 23.6 Å². The van der Waals surface area contributed by atoms with Crippen LogP contribution in [0.4, 0.5) is 9.18 Å². The molecular weight excluding hydrogens is 399 g/mol. The Kier molecular flexibility index (Phi) is 8.00. The second-order valence-electron chi connectivity index (χ2n) is 6.72. The lowest BCUT2D eigenvalue weighted by atomic mass is 9.88. The summed E-state index contributed by atoms with van der Waals surface area (Å²) in [5.74, 6) is -2.23. The maximum absolute atomic E-state index is 13.5. The quantitative estimate of drug-likeness (QED) is 0.319. The third-order valence-electron chi connectivity index (χ3n) is 4.44. The first kappa shape index (κ1) is 22.7. The third kappa shape index (κ3) is 5.69. The molecule has 10 heteroatoms. The molecule has 0 aliphatic carbocycles. The van der Waals surface area contributed by atoms with E-state index in [-0.39, 0.29) is 5.75 Å². The van der Waals surface area contributed by atoms with Crippen LogP contribution in [-0.2, 0) is 14.4 Å². The molecule has 0 bridgehead atoms. The molecule has 2 rings (SSSR count). The molecule has 1 heterocycles. The molecule has 0 spiro atoms. The van der Waals surface area contributed by atoms with Gasteiger partial charge in [0.2, 0.25) is 5.91 Å². The molecule has 1 fully saturated rings. The normalized spacial score (nSPS) is 15.2. The van der Waals surface area contributed by atoms with Crippen LogP contribution in [0.3, 0.4) is 0 Å². The van der Waals surface area contributed by atoms with Gasteiger partial charge in [-0.1, -0.05) is 38.8 Å². The molecule has 0 unspecified atom stereocenters. The average Bonchev–Trinajstić information content (AvgIpc) is 2.90. The van der Waals surface area contributed by atoms with Gasteiger partial charge in [0.05, 0.1) is 5.75 Å². The van der Waals surface area contributed by atoms with E-state index < -0.39 is 41.7 Å². The summed E-state index contributed by atoms with van der Waals surface area (Å²) in [6, 6.07) is 5.42. The summed E-state index contributed by atoms with van der Waals surface area (Å²) in [5, 5.41) is 2.71. The van der Waals surface area contributed by atoms with Gasteiger partial charge in [-0.3, -0.25) is 30.1 Å². The highest BCUT2D eigenvalue weighted by atomic mass is 32.2. The molecule has 1 aliphatic heterocycles. The maximum atomic E-state index is 13.5. The molecule has 158 valence electrons. The van der Waals surface area contributed by atoms with Crippen LogP contribution in [0.5, 0.6) is 0 Å². The SMILES string of the molecule is CCCC1(CCC)NC(=O)N(CC(=O)NNC(=O)CSc2ccccc2F)C1=O. The van der Waals surface area contributed by atoms with E-state index in [4.69, 9.17) is 0 Å². The van der Waals surface area contributed by atoms with Crippen molar-refractivity contribution in [3.05, 3.63) is 30.1 Å². The minimum Gasteiger partial charge on any atom is -0.323 e. The number of benzene rings is 1. The molecular formula is C19H25FN4O4S. The molecule has 1 aromatic rings.